The average Bonchev–Trinajstić information content (AvgIpc) is 2.57. The second-order valence-corrected chi connectivity index (χ2v) is 6.55. The van der Waals surface area contributed by atoms with E-state index < -0.39 is 0 Å². The van der Waals surface area contributed by atoms with E-state index >= 15 is 0 Å². The monoisotopic (exact) mass is 440 g/mol. The van der Waals surface area contributed by atoms with Crippen LogP contribution < -0.4 is 9.64 Å². The first kappa shape index (κ1) is 15.9. The van der Waals surface area contributed by atoms with Gasteiger partial charge in [0.05, 0.1) is 21.2 Å². The van der Waals surface area contributed by atoms with Crippen LogP contribution >= 0.6 is 31.9 Å². The summed E-state index contributed by atoms with van der Waals surface area (Å²) in [6.07, 6.45) is 0. The Morgan fingerprint density at radius 2 is 1.91 bits per heavy atom. The zero-order valence-corrected chi connectivity index (χ0v) is 14.8. The standard InChI is InChI=1S/C15H10Br2N2O4/c16-10-5-8(6-11(17)14(10)20)15(21)19-3-4-23-13-2-1-9(18-22)7-12(13)19/h1-2,5-7,20H,3-4H2. The van der Waals surface area contributed by atoms with Gasteiger partial charge in [0, 0.05) is 5.56 Å². The number of ether oxygens (including phenoxy) is 1. The van der Waals surface area contributed by atoms with Crippen molar-refractivity contribution in [2.24, 2.45) is 5.18 Å². The van der Waals surface area contributed by atoms with E-state index in [9.17, 15) is 14.8 Å². The number of phenols is 1. The Morgan fingerprint density at radius 3 is 2.57 bits per heavy atom. The van der Waals surface area contributed by atoms with E-state index in [4.69, 9.17) is 4.74 Å². The second kappa shape index (κ2) is 6.29. The van der Waals surface area contributed by atoms with Gasteiger partial charge in [0.15, 0.2) is 0 Å². The number of halogens is 2. The molecule has 118 valence electrons. The lowest BCUT2D eigenvalue weighted by atomic mass is 10.1. The quantitative estimate of drug-likeness (QED) is 0.702. The second-order valence-electron chi connectivity index (χ2n) is 4.84. The number of carbonyl (C=O) groups excluding carboxylic acids is 1. The minimum absolute atomic E-state index is 0.0244. The van der Waals surface area contributed by atoms with Crippen LogP contribution in [0.1, 0.15) is 10.4 Å². The molecule has 2 aromatic rings. The molecule has 1 amide bonds. The van der Waals surface area contributed by atoms with Gasteiger partial charge in [0.1, 0.15) is 23.8 Å². The number of amides is 1. The van der Waals surface area contributed by atoms with Crippen molar-refractivity contribution in [3.05, 3.63) is 49.7 Å². The number of hydrogen-bond donors (Lipinski definition) is 1. The fraction of sp³-hybridized carbons (Fsp3) is 0.133. The van der Waals surface area contributed by atoms with Crippen LogP contribution in [0.4, 0.5) is 11.4 Å². The van der Waals surface area contributed by atoms with Gasteiger partial charge >= 0.3 is 0 Å². The highest BCUT2D eigenvalue weighted by molar-refractivity contribution is 9.11. The van der Waals surface area contributed by atoms with Gasteiger partial charge in [-0.25, -0.2) is 0 Å². The summed E-state index contributed by atoms with van der Waals surface area (Å²) in [7, 11) is 0. The molecule has 2 aromatic carbocycles. The number of benzene rings is 2. The first-order valence-electron chi connectivity index (χ1n) is 6.61. The summed E-state index contributed by atoms with van der Waals surface area (Å²) >= 11 is 6.42. The normalized spacial score (nSPS) is 13.2. The molecule has 0 spiro atoms. The molecular formula is C15H10Br2N2O4. The van der Waals surface area contributed by atoms with Crippen LogP contribution in [0.3, 0.4) is 0 Å². The van der Waals surface area contributed by atoms with Crippen molar-refractivity contribution in [3.8, 4) is 11.5 Å². The summed E-state index contributed by atoms with van der Waals surface area (Å²) in [6, 6.07) is 7.75. The van der Waals surface area contributed by atoms with E-state index in [-0.39, 0.29) is 17.3 Å². The molecule has 0 saturated heterocycles. The minimum atomic E-state index is -0.265. The van der Waals surface area contributed by atoms with Crippen molar-refractivity contribution < 1.29 is 14.6 Å². The predicted molar refractivity (Wildman–Crippen MR) is 92.6 cm³/mol. The van der Waals surface area contributed by atoms with Crippen LogP contribution in [0.25, 0.3) is 0 Å². The van der Waals surface area contributed by atoms with Gasteiger partial charge in [0.25, 0.3) is 5.91 Å². The molecule has 0 radical (unpaired) electrons. The van der Waals surface area contributed by atoms with Crippen LogP contribution in [0, 0.1) is 4.91 Å². The van der Waals surface area contributed by atoms with Gasteiger partial charge in [-0.15, -0.1) is 4.91 Å². The fourth-order valence-electron chi connectivity index (χ4n) is 2.32. The Kier molecular flexibility index (Phi) is 4.36. The molecule has 0 atom stereocenters. The molecule has 1 aliphatic heterocycles. The van der Waals surface area contributed by atoms with Gasteiger partial charge < -0.3 is 14.7 Å². The number of aromatic hydroxyl groups is 1. The smallest absolute Gasteiger partial charge is 0.258 e. The SMILES string of the molecule is O=Nc1ccc2c(c1)N(C(=O)c1cc(Br)c(O)c(Br)c1)CCO2. The highest BCUT2D eigenvalue weighted by Crippen LogP contribution is 2.38. The van der Waals surface area contributed by atoms with Gasteiger partial charge in [0.2, 0.25) is 0 Å². The van der Waals surface area contributed by atoms with E-state index in [1.165, 1.54) is 17.0 Å². The van der Waals surface area contributed by atoms with Crippen LogP contribution in [-0.4, -0.2) is 24.2 Å². The molecule has 3 rings (SSSR count). The molecule has 8 heteroatoms. The topological polar surface area (TPSA) is 79.2 Å². The summed E-state index contributed by atoms with van der Waals surface area (Å²) in [6.45, 7) is 0.706. The highest BCUT2D eigenvalue weighted by atomic mass is 79.9. The van der Waals surface area contributed by atoms with Crippen molar-refractivity contribution in [2.45, 2.75) is 0 Å². The van der Waals surface area contributed by atoms with Crippen LogP contribution in [0.2, 0.25) is 0 Å². The van der Waals surface area contributed by atoms with Gasteiger partial charge in [-0.05, 0) is 67.4 Å². The number of nitroso groups, excluding NO2 is 1. The highest BCUT2D eigenvalue weighted by Gasteiger charge is 2.26. The van der Waals surface area contributed by atoms with Crippen molar-refractivity contribution in [2.75, 3.05) is 18.1 Å². The maximum Gasteiger partial charge on any atom is 0.258 e. The maximum atomic E-state index is 12.8. The number of nitrogens with zero attached hydrogens (tertiary/aromatic N) is 2. The number of fused-ring (bicyclic) bond motifs is 1. The molecule has 1 heterocycles. The lowest BCUT2D eigenvalue weighted by Crippen LogP contribution is -2.37. The van der Waals surface area contributed by atoms with Crippen LogP contribution in [0.5, 0.6) is 11.5 Å². The van der Waals surface area contributed by atoms with E-state index in [0.29, 0.717) is 39.1 Å². The van der Waals surface area contributed by atoms with Crippen LogP contribution in [-0.2, 0) is 0 Å². The van der Waals surface area contributed by atoms with E-state index in [1.54, 1.807) is 18.2 Å². The molecule has 0 bridgehead atoms. The maximum absolute atomic E-state index is 12.8. The minimum Gasteiger partial charge on any atom is -0.506 e. The number of hydrogen-bond acceptors (Lipinski definition) is 5. The first-order chi connectivity index (χ1) is 11.0. The van der Waals surface area contributed by atoms with E-state index in [0.717, 1.165) is 0 Å². The molecule has 0 unspecified atom stereocenters. The Bertz CT molecular complexity index is 787. The van der Waals surface area contributed by atoms with Crippen molar-refractivity contribution in [3.63, 3.8) is 0 Å². The molecule has 0 saturated carbocycles. The largest absolute Gasteiger partial charge is 0.506 e. The molecule has 0 aromatic heterocycles. The molecule has 23 heavy (non-hydrogen) atoms. The number of anilines is 1. The Morgan fingerprint density at radius 1 is 1.22 bits per heavy atom. The third kappa shape index (κ3) is 2.96. The zero-order valence-electron chi connectivity index (χ0n) is 11.6. The van der Waals surface area contributed by atoms with Gasteiger partial charge in [-0.2, -0.15) is 0 Å². The number of carbonyl (C=O) groups is 1. The van der Waals surface area contributed by atoms with Crippen molar-refractivity contribution in [1.82, 2.24) is 0 Å². The molecule has 1 aliphatic rings. The predicted octanol–water partition coefficient (Wildman–Crippen LogP) is 4.35. The summed E-state index contributed by atoms with van der Waals surface area (Å²) < 4.78 is 6.33. The molecule has 1 N–H and O–H groups in total. The Labute approximate surface area is 148 Å². The van der Waals surface area contributed by atoms with Crippen molar-refractivity contribution >= 4 is 49.1 Å². The number of rotatable bonds is 2. The van der Waals surface area contributed by atoms with E-state index in [2.05, 4.69) is 37.0 Å². The third-order valence-corrected chi connectivity index (χ3v) is 4.63. The molecule has 0 aliphatic carbocycles. The summed E-state index contributed by atoms with van der Waals surface area (Å²) in [5.74, 6) is 0.282. The zero-order chi connectivity index (χ0) is 16.6. The lowest BCUT2D eigenvalue weighted by molar-refractivity contribution is 0.0976. The van der Waals surface area contributed by atoms with E-state index in [1.807, 2.05) is 0 Å². The summed E-state index contributed by atoms with van der Waals surface area (Å²) in [5, 5.41) is 12.7. The molecular weight excluding hydrogens is 432 g/mol. The molecule has 0 fully saturated rings. The van der Waals surface area contributed by atoms with Gasteiger partial charge in [-0.1, -0.05) is 0 Å². The first-order valence-corrected chi connectivity index (χ1v) is 8.20. The summed E-state index contributed by atoms with van der Waals surface area (Å²) in [5.41, 5.74) is 1.11. The Balaban J connectivity index is 2.03. The Hall–Kier alpha value is -1.93. The molecule has 6 nitrogen and oxygen atoms in total. The fourth-order valence-corrected chi connectivity index (χ4v) is 3.51. The lowest BCUT2D eigenvalue weighted by Gasteiger charge is -2.29. The van der Waals surface area contributed by atoms with Crippen molar-refractivity contribution in [1.29, 1.82) is 0 Å². The average molecular weight is 442 g/mol. The van der Waals surface area contributed by atoms with Gasteiger partial charge in [-0.3, -0.25) is 4.79 Å². The van der Waals surface area contributed by atoms with Crippen LogP contribution in [0.15, 0.2) is 44.5 Å². The third-order valence-electron chi connectivity index (χ3n) is 3.42. The summed E-state index contributed by atoms with van der Waals surface area (Å²) in [4.78, 5) is 25.1. The number of phenolic OH excluding ortho intramolecular Hbond substituents is 1.